The van der Waals surface area contributed by atoms with Gasteiger partial charge in [0.25, 0.3) is 5.69 Å². The number of para-hydroxylation sites is 1. The molecule has 9 nitrogen and oxygen atoms in total. The van der Waals surface area contributed by atoms with Crippen molar-refractivity contribution in [2.45, 2.75) is 18.3 Å². The van der Waals surface area contributed by atoms with Gasteiger partial charge in [-0.3, -0.25) is 19.8 Å². The second-order valence-electron chi connectivity index (χ2n) is 6.30. The summed E-state index contributed by atoms with van der Waals surface area (Å²) in [5, 5.41) is 20.1. The van der Waals surface area contributed by atoms with Crippen molar-refractivity contribution < 1.29 is 14.5 Å². The molecule has 1 atom stereocenters. The summed E-state index contributed by atoms with van der Waals surface area (Å²) in [7, 11) is 0. The van der Waals surface area contributed by atoms with Crippen molar-refractivity contribution in [3.63, 3.8) is 0 Å². The van der Waals surface area contributed by atoms with Gasteiger partial charge in [-0.2, -0.15) is 4.98 Å². The molecule has 1 aromatic heterocycles. The molecule has 3 aromatic rings. The van der Waals surface area contributed by atoms with Crippen molar-refractivity contribution in [2.24, 2.45) is 0 Å². The molecule has 30 heavy (non-hydrogen) atoms. The van der Waals surface area contributed by atoms with E-state index in [-0.39, 0.29) is 22.5 Å². The maximum absolute atomic E-state index is 12.7. The average molecular weight is 444 g/mol. The van der Waals surface area contributed by atoms with E-state index in [2.05, 4.69) is 15.2 Å². The predicted octanol–water partition coefficient (Wildman–Crippen LogP) is 4.27. The maximum atomic E-state index is 12.7. The highest BCUT2D eigenvalue weighted by atomic mass is 35.5. The number of benzene rings is 2. The largest absolute Gasteiger partial charge is 0.447 e. The second kappa shape index (κ2) is 7.88. The molecule has 11 heteroatoms. The normalized spacial score (nSPS) is 14.9. The first kappa shape index (κ1) is 20.0. The van der Waals surface area contributed by atoms with Crippen LogP contribution in [-0.2, 0) is 4.79 Å². The zero-order valence-corrected chi connectivity index (χ0v) is 17.3. The number of nitro benzene ring substituents is 1. The van der Waals surface area contributed by atoms with E-state index in [1.807, 2.05) is 0 Å². The Balaban J connectivity index is 1.97. The van der Waals surface area contributed by atoms with E-state index in [9.17, 15) is 14.9 Å². The number of ether oxygens (including phenoxy) is 1. The van der Waals surface area contributed by atoms with Crippen LogP contribution in [0.25, 0.3) is 11.3 Å². The molecule has 0 saturated heterocycles. The summed E-state index contributed by atoms with van der Waals surface area (Å²) in [6.45, 7) is 1.39. The summed E-state index contributed by atoms with van der Waals surface area (Å²) in [6, 6.07) is 11.4. The van der Waals surface area contributed by atoms with E-state index in [1.165, 1.54) is 35.7 Å². The fourth-order valence-electron chi connectivity index (χ4n) is 3.18. The number of rotatable bonds is 3. The van der Waals surface area contributed by atoms with Crippen molar-refractivity contribution in [3.8, 4) is 17.1 Å². The summed E-state index contributed by atoms with van der Waals surface area (Å²) >= 11 is 7.26. The molecule has 0 fully saturated rings. The molecule has 0 radical (unpaired) electrons. The highest BCUT2D eigenvalue weighted by Crippen LogP contribution is 2.44. The number of aromatic nitrogens is 3. The van der Waals surface area contributed by atoms with Gasteiger partial charge in [0.15, 0.2) is 5.69 Å². The Labute approximate surface area is 180 Å². The Hall–Kier alpha value is -3.24. The topological polar surface area (TPSA) is 111 Å². The Kier molecular flexibility index (Phi) is 5.27. The third-order valence-corrected chi connectivity index (χ3v) is 5.34. The van der Waals surface area contributed by atoms with Crippen LogP contribution in [0.2, 0.25) is 5.02 Å². The van der Waals surface area contributed by atoms with Gasteiger partial charge in [0.1, 0.15) is 5.02 Å². The summed E-state index contributed by atoms with van der Waals surface area (Å²) in [5.41, 5.74) is 1.60. The molecule has 0 spiro atoms. The lowest BCUT2D eigenvalue weighted by molar-refractivity contribution is -0.384. The van der Waals surface area contributed by atoms with Crippen molar-refractivity contribution in [3.05, 3.63) is 63.2 Å². The minimum atomic E-state index is -1.02. The number of thioether (sulfide) groups is 1. The van der Waals surface area contributed by atoms with Crippen LogP contribution in [0.4, 0.5) is 11.4 Å². The summed E-state index contributed by atoms with van der Waals surface area (Å²) in [5.74, 6) is -0.149. The summed E-state index contributed by atoms with van der Waals surface area (Å²) < 4.78 is 6.13. The van der Waals surface area contributed by atoms with Gasteiger partial charge >= 0.3 is 0 Å². The minimum absolute atomic E-state index is 0.0128. The van der Waals surface area contributed by atoms with Crippen molar-refractivity contribution >= 4 is 40.6 Å². The lowest BCUT2D eigenvalue weighted by Gasteiger charge is -2.29. The Morgan fingerprint density at radius 3 is 2.73 bits per heavy atom. The van der Waals surface area contributed by atoms with E-state index in [1.54, 1.807) is 36.6 Å². The quantitative estimate of drug-likeness (QED) is 0.335. The van der Waals surface area contributed by atoms with Gasteiger partial charge in [-0.25, -0.2) is 0 Å². The number of hydrogen-bond donors (Lipinski definition) is 0. The number of anilines is 1. The molecule has 1 amide bonds. The molecule has 0 bridgehead atoms. The van der Waals surface area contributed by atoms with Crippen LogP contribution in [0.1, 0.15) is 18.7 Å². The first-order chi connectivity index (χ1) is 14.4. The molecule has 2 aromatic carbocycles. The van der Waals surface area contributed by atoms with Gasteiger partial charge in [0, 0.05) is 24.1 Å². The zero-order valence-electron chi connectivity index (χ0n) is 15.8. The third-order valence-electron chi connectivity index (χ3n) is 4.49. The molecule has 1 aliphatic rings. The van der Waals surface area contributed by atoms with E-state index in [4.69, 9.17) is 16.3 Å². The van der Waals surface area contributed by atoms with Crippen LogP contribution >= 0.6 is 23.4 Å². The first-order valence-electron chi connectivity index (χ1n) is 8.69. The third kappa shape index (κ3) is 3.44. The van der Waals surface area contributed by atoms with Gasteiger partial charge in [-0.1, -0.05) is 47.6 Å². The van der Waals surface area contributed by atoms with E-state index in [0.717, 1.165) is 0 Å². The molecule has 0 N–H and O–H groups in total. The van der Waals surface area contributed by atoms with Gasteiger partial charge in [-0.15, -0.1) is 10.2 Å². The highest BCUT2D eigenvalue weighted by Gasteiger charge is 2.35. The Morgan fingerprint density at radius 2 is 2.03 bits per heavy atom. The first-order valence-corrected chi connectivity index (χ1v) is 10.3. The predicted molar refractivity (Wildman–Crippen MR) is 112 cm³/mol. The van der Waals surface area contributed by atoms with Gasteiger partial charge in [-0.05, 0) is 18.4 Å². The number of hydrogen-bond acceptors (Lipinski definition) is 8. The summed E-state index contributed by atoms with van der Waals surface area (Å²) in [6.07, 6.45) is 0.781. The molecule has 4 rings (SSSR count). The number of nitro groups is 1. The van der Waals surface area contributed by atoms with Crippen molar-refractivity contribution in [1.82, 2.24) is 15.2 Å². The SMILES string of the molecule is CSc1nnc2c(n1)O[C@H](c1ccc(Cl)c([N+](=O)[O-])c1)N(C(C)=O)c1ccccc1-2. The minimum Gasteiger partial charge on any atom is -0.447 e. The molecule has 0 aliphatic carbocycles. The van der Waals surface area contributed by atoms with E-state index < -0.39 is 11.2 Å². The second-order valence-corrected chi connectivity index (χ2v) is 7.48. The Morgan fingerprint density at radius 1 is 1.27 bits per heavy atom. The van der Waals surface area contributed by atoms with Crippen LogP contribution < -0.4 is 9.64 Å². The maximum Gasteiger partial charge on any atom is 0.288 e. The Bertz CT molecular complexity index is 1180. The van der Waals surface area contributed by atoms with E-state index in [0.29, 0.717) is 27.7 Å². The van der Waals surface area contributed by atoms with Crippen LogP contribution in [0.3, 0.4) is 0 Å². The number of carbonyl (C=O) groups excluding carboxylic acids is 1. The fourth-order valence-corrected chi connectivity index (χ4v) is 3.66. The van der Waals surface area contributed by atoms with Gasteiger partial charge < -0.3 is 4.74 Å². The van der Waals surface area contributed by atoms with Gasteiger partial charge in [0.05, 0.1) is 10.6 Å². The highest BCUT2D eigenvalue weighted by molar-refractivity contribution is 7.98. The number of halogens is 1. The lowest BCUT2D eigenvalue weighted by atomic mass is 10.1. The zero-order chi connectivity index (χ0) is 21.4. The monoisotopic (exact) mass is 443 g/mol. The molecule has 1 aliphatic heterocycles. The van der Waals surface area contributed by atoms with Crippen LogP contribution in [-0.4, -0.2) is 32.3 Å². The molecular formula is C19H14ClN5O4S. The number of carbonyl (C=O) groups is 1. The van der Waals surface area contributed by atoms with Crippen molar-refractivity contribution in [2.75, 3.05) is 11.2 Å². The van der Waals surface area contributed by atoms with Crippen LogP contribution in [0, 0.1) is 10.1 Å². The van der Waals surface area contributed by atoms with Crippen molar-refractivity contribution in [1.29, 1.82) is 0 Å². The molecule has 0 unspecified atom stereocenters. The molecule has 2 heterocycles. The van der Waals surface area contributed by atoms with Crippen LogP contribution in [0.15, 0.2) is 47.6 Å². The van der Waals surface area contributed by atoms with Crippen LogP contribution in [0.5, 0.6) is 5.88 Å². The number of nitrogens with zero attached hydrogens (tertiary/aromatic N) is 5. The average Bonchev–Trinajstić information content (AvgIpc) is 2.88. The van der Waals surface area contributed by atoms with E-state index >= 15 is 0 Å². The molecular weight excluding hydrogens is 430 g/mol. The standard InChI is InChI=1S/C19H14ClN5O4S/c1-10(26)24-14-6-4-3-5-12(14)16-17(21-19(30-2)23-22-16)29-18(24)11-7-8-13(20)15(9-11)25(27)28/h3-9,18H,1-2H3/t18-/m1/s1. The smallest absolute Gasteiger partial charge is 0.288 e. The van der Waals surface area contributed by atoms with Gasteiger partial charge in [0.2, 0.25) is 23.2 Å². The number of amides is 1. The summed E-state index contributed by atoms with van der Waals surface area (Å²) in [4.78, 5) is 29.3. The number of fused-ring (bicyclic) bond motifs is 3. The lowest BCUT2D eigenvalue weighted by Crippen LogP contribution is -2.36. The molecule has 0 saturated carbocycles. The fraction of sp³-hybridized carbons (Fsp3) is 0.158. The molecule has 152 valence electrons.